The maximum atomic E-state index is 2.70. The van der Waals surface area contributed by atoms with Crippen LogP contribution in [-0.4, -0.2) is 26.8 Å². The molecule has 2 aliphatic carbocycles. The largest absolute Gasteiger partial charge is 0.272 e. The van der Waals surface area contributed by atoms with Gasteiger partial charge in [-0.3, -0.25) is 9.16 Å². The summed E-state index contributed by atoms with van der Waals surface area (Å²) in [5.74, 6) is 5.66. The lowest BCUT2D eigenvalue weighted by Gasteiger charge is -2.96. The van der Waals surface area contributed by atoms with E-state index in [0.717, 1.165) is 16.6 Å². The molecule has 1 heteroatoms. The third-order valence-corrected chi connectivity index (χ3v) is 19.6. The Morgan fingerprint density at radius 2 is 1.65 bits per heavy atom. The van der Waals surface area contributed by atoms with Gasteiger partial charge < -0.3 is 0 Å². The minimum atomic E-state index is -1.30. The molecule has 17 heavy (non-hydrogen) atoms. The fourth-order valence-electron chi connectivity index (χ4n) is 7.12. The summed E-state index contributed by atoms with van der Waals surface area (Å²) in [5, 5.41) is 2.34. The fourth-order valence-corrected chi connectivity index (χ4v) is 19.1. The van der Waals surface area contributed by atoms with Crippen molar-refractivity contribution in [2.75, 3.05) is 11.5 Å². The first-order valence-corrected chi connectivity index (χ1v) is 10.5. The zero-order valence-electron chi connectivity index (χ0n) is 12.3. The van der Waals surface area contributed by atoms with Crippen molar-refractivity contribution < 1.29 is 0 Å². The summed E-state index contributed by atoms with van der Waals surface area (Å²) in [4.78, 5) is 0. The molecule has 0 nitrogen and oxygen atoms in total. The molecule has 0 N–H and O–H groups in total. The summed E-state index contributed by atoms with van der Waals surface area (Å²) in [6.45, 7) is 13.1. The third-order valence-electron chi connectivity index (χ3n) is 8.70. The van der Waals surface area contributed by atoms with Gasteiger partial charge in [0.05, 0.1) is 0 Å². The van der Waals surface area contributed by atoms with Crippen molar-refractivity contribution in [3.63, 3.8) is 0 Å². The van der Waals surface area contributed by atoms with E-state index < -0.39 is 9.16 Å². The quantitative estimate of drug-likeness (QED) is 0.705. The van der Waals surface area contributed by atoms with E-state index in [1.807, 2.05) is 0 Å². The van der Waals surface area contributed by atoms with E-state index in [-0.39, 0.29) is 0 Å². The van der Waals surface area contributed by atoms with Crippen molar-refractivity contribution in [3.05, 3.63) is 0 Å². The lowest BCUT2D eigenvalue weighted by Crippen LogP contribution is -2.79. The average molecular weight is 254 g/mol. The molecule has 0 aromatic heterocycles. The van der Waals surface area contributed by atoms with E-state index >= 15 is 0 Å². The maximum Gasteiger partial charge on any atom is -0.0118 e. The highest BCUT2D eigenvalue weighted by Crippen LogP contribution is 3.06. The lowest BCUT2D eigenvalue weighted by molar-refractivity contribution is 0.185. The number of rotatable bonds is 2. The van der Waals surface area contributed by atoms with E-state index in [2.05, 4.69) is 34.6 Å². The highest BCUT2D eigenvalue weighted by atomic mass is 32.3. The Balaban J connectivity index is 1.82. The van der Waals surface area contributed by atoms with E-state index in [4.69, 9.17) is 0 Å². The molecule has 2 saturated carbocycles. The Morgan fingerprint density at radius 3 is 1.82 bits per heavy atom. The van der Waals surface area contributed by atoms with Gasteiger partial charge in [0.2, 0.25) is 0 Å². The summed E-state index contributed by atoms with van der Waals surface area (Å²) in [7, 11) is -1.30. The molecule has 3 aliphatic heterocycles. The van der Waals surface area contributed by atoms with Gasteiger partial charge in [0.25, 0.3) is 0 Å². The summed E-state index contributed by atoms with van der Waals surface area (Å²) in [6, 6.07) is 0. The molecular weight excluding hydrogens is 224 g/mol. The normalized spacial score (nSPS) is 62.1. The zero-order chi connectivity index (χ0) is 12.3. The SMILES string of the molecule is CC1CC1(C)[SH]12(C3CCC3(C)C)CC(C1)C2C. The molecule has 3 saturated heterocycles. The van der Waals surface area contributed by atoms with Crippen molar-refractivity contribution in [1.82, 2.24) is 0 Å². The highest BCUT2D eigenvalue weighted by molar-refractivity contribution is 8.54. The molecule has 5 rings (SSSR count). The predicted octanol–water partition coefficient (Wildman–Crippen LogP) is 4.08. The van der Waals surface area contributed by atoms with Crippen LogP contribution in [0.2, 0.25) is 0 Å². The van der Waals surface area contributed by atoms with Crippen LogP contribution in [0.15, 0.2) is 0 Å². The highest BCUT2D eigenvalue weighted by Gasteiger charge is 2.85. The Labute approximate surface area is 107 Å². The number of hydrogen-bond acceptors (Lipinski definition) is 0. The van der Waals surface area contributed by atoms with Crippen molar-refractivity contribution in [2.45, 2.75) is 69.1 Å². The molecule has 0 amide bonds. The van der Waals surface area contributed by atoms with Gasteiger partial charge in [0.15, 0.2) is 0 Å². The lowest BCUT2D eigenvalue weighted by atomic mass is 9.71. The fraction of sp³-hybridized carbons (Fsp3) is 1.00. The van der Waals surface area contributed by atoms with Crippen molar-refractivity contribution >= 4 is 9.16 Å². The summed E-state index contributed by atoms with van der Waals surface area (Å²) >= 11 is 0. The van der Waals surface area contributed by atoms with Gasteiger partial charge in [-0.05, 0) is 63.3 Å². The van der Waals surface area contributed by atoms with Crippen molar-refractivity contribution in [3.8, 4) is 0 Å². The second-order valence-electron chi connectivity index (χ2n) is 9.05. The molecule has 0 spiro atoms. The molecule has 0 radical (unpaired) electrons. The van der Waals surface area contributed by atoms with Crippen LogP contribution in [0.4, 0.5) is 0 Å². The molecule has 5 fully saturated rings. The molecule has 2 bridgehead atoms. The van der Waals surface area contributed by atoms with Gasteiger partial charge in [0, 0.05) is 0 Å². The molecule has 4 atom stereocenters. The molecule has 4 unspecified atom stereocenters. The standard InChI is InChI=1S/C16H30S/c1-11-8-16(11,5)17(9-13(10-17)12(17)2)14-6-7-15(14,3)4/h11-14,17H,6-10H2,1-5H3. The minimum Gasteiger partial charge on any atom is -0.272 e. The Bertz CT molecular complexity index is 404. The molecule has 3 heterocycles. The average Bonchev–Trinajstić information content (AvgIpc) is 2.80. The topological polar surface area (TPSA) is 0 Å². The molecule has 0 aromatic carbocycles. The van der Waals surface area contributed by atoms with Crippen LogP contribution in [0.1, 0.15) is 53.9 Å². The van der Waals surface area contributed by atoms with Crippen LogP contribution in [0.3, 0.4) is 0 Å². The van der Waals surface area contributed by atoms with Gasteiger partial charge in [-0.2, -0.15) is 0 Å². The van der Waals surface area contributed by atoms with Crippen molar-refractivity contribution in [1.29, 1.82) is 0 Å². The molecule has 100 valence electrons. The van der Waals surface area contributed by atoms with Gasteiger partial charge in [-0.1, -0.05) is 34.6 Å². The summed E-state index contributed by atoms with van der Waals surface area (Å²) in [6.07, 6.45) is 4.68. The second kappa shape index (κ2) is 2.49. The summed E-state index contributed by atoms with van der Waals surface area (Å²) in [5.41, 5.74) is 0.697. The van der Waals surface area contributed by atoms with Crippen LogP contribution in [0.5, 0.6) is 0 Å². The smallest absolute Gasteiger partial charge is 0.0118 e. The minimum absolute atomic E-state index is 0.697. The second-order valence-corrected chi connectivity index (χ2v) is 15.6. The first-order chi connectivity index (χ1) is 7.78. The van der Waals surface area contributed by atoms with E-state index in [1.54, 1.807) is 24.3 Å². The van der Waals surface area contributed by atoms with Gasteiger partial charge in [-0.15, -0.1) is 0 Å². The summed E-state index contributed by atoms with van der Waals surface area (Å²) < 4.78 is 0.835. The Hall–Kier alpha value is 0.350. The van der Waals surface area contributed by atoms with Crippen LogP contribution in [-0.2, 0) is 0 Å². The monoisotopic (exact) mass is 254 g/mol. The Morgan fingerprint density at radius 1 is 1.06 bits per heavy atom. The first kappa shape index (κ1) is 11.2. The van der Waals surface area contributed by atoms with Crippen LogP contribution in [0.25, 0.3) is 0 Å². The molecule has 5 aliphatic rings. The van der Waals surface area contributed by atoms with Gasteiger partial charge >= 0.3 is 0 Å². The van der Waals surface area contributed by atoms with Gasteiger partial charge in [-0.25, -0.2) is 0 Å². The maximum absolute atomic E-state index is 2.70. The predicted molar refractivity (Wildman–Crippen MR) is 80.7 cm³/mol. The third kappa shape index (κ3) is 0.788. The van der Waals surface area contributed by atoms with E-state index in [1.165, 1.54) is 16.9 Å². The van der Waals surface area contributed by atoms with Crippen LogP contribution in [0, 0.1) is 17.3 Å². The number of hydrogen-bond donors (Lipinski definition) is 1. The first-order valence-electron chi connectivity index (χ1n) is 7.78. The molecular formula is C16H30S. The van der Waals surface area contributed by atoms with Crippen molar-refractivity contribution in [2.24, 2.45) is 17.3 Å². The Kier molecular flexibility index (Phi) is 1.64. The number of thiol groups is 1. The van der Waals surface area contributed by atoms with Gasteiger partial charge in [0.1, 0.15) is 0 Å². The van der Waals surface area contributed by atoms with E-state index in [9.17, 15) is 0 Å². The van der Waals surface area contributed by atoms with E-state index in [0.29, 0.717) is 5.41 Å². The van der Waals surface area contributed by atoms with Crippen LogP contribution < -0.4 is 0 Å². The zero-order valence-corrected chi connectivity index (χ0v) is 13.2. The van der Waals surface area contributed by atoms with Crippen LogP contribution >= 0.6 is 9.16 Å². The molecule has 0 aromatic rings.